The number of rotatable bonds is 10. The number of fused-ring (bicyclic) bond motifs is 1. The van der Waals surface area contributed by atoms with E-state index >= 15 is 0 Å². The van der Waals surface area contributed by atoms with Gasteiger partial charge in [0.15, 0.2) is 0 Å². The molecule has 0 radical (unpaired) electrons. The second-order valence-corrected chi connectivity index (χ2v) is 11.6. The van der Waals surface area contributed by atoms with Crippen LogP contribution >= 0.6 is 11.6 Å². The van der Waals surface area contributed by atoms with Crippen LogP contribution in [0.4, 0.5) is 11.4 Å². The number of hydrogen-bond donors (Lipinski definition) is 3. The fraction of sp³-hybridized carbons (Fsp3) is 0.516. The van der Waals surface area contributed by atoms with E-state index in [9.17, 15) is 19.5 Å². The minimum Gasteiger partial charge on any atom is -0.494 e. The van der Waals surface area contributed by atoms with Gasteiger partial charge in [-0.05, 0) is 75.4 Å². The maximum atomic E-state index is 14.3. The van der Waals surface area contributed by atoms with Crippen LogP contribution in [0.25, 0.3) is 0 Å². The number of likely N-dealkylation sites (tertiary alicyclic amines) is 1. The van der Waals surface area contributed by atoms with E-state index in [1.165, 1.54) is 4.90 Å². The van der Waals surface area contributed by atoms with Crippen molar-refractivity contribution in [2.75, 3.05) is 23.8 Å². The molecule has 220 valence electrons. The van der Waals surface area contributed by atoms with E-state index in [1.807, 2.05) is 33.8 Å². The zero-order valence-electron chi connectivity index (χ0n) is 23.9. The molecule has 6 atom stereocenters. The summed E-state index contributed by atoms with van der Waals surface area (Å²) in [6.07, 6.45) is 1.92. The SMILES string of the molecule is CCOc1ccc(NC(=O)[C@H]2[C@H]3C(=O)N([C@@H](CC)CO)C(C(=O)Nc4c(C)cccc4Cl)C34CC[C@]2(CC)O4)cc1. The maximum Gasteiger partial charge on any atom is 0.250 e. The van der Waals surface area contributed by atoms with Crippen molar-refractivity contribution < 1.29 is 29.0 Å². The summed E-state index contributed by atoms with van der Waals surface area (Å²) in [6.45, 7) is 7.76. The largest absolute Gasteiger partial charge is 0.494 e. The average molecular weight is 584 g/mol. The highest BCUT2D eigenvalue weighted by atomic mass is 35.5. The number of nitrogens with zero attached hydrogens (tertiary/aromatic N) is 1. The summed E-state index contributed by atoms with van der Waals surface area (Å²) in [5.41, 5.74) is -0.281. The van der Waals surface area contributed by atoms with Gasteiger partial charge in [-0.15, -0.1) is 0 Å². The van der Waals surface area contributed by atoms with Crippen molar-refractivity contribution in [3.05, 3.63) is 53.1 Å². The van der Waals surface area contributed by atoms with Crippen molar-refractivity contribution in [2.45, 2.75) is 76.7 Å². The van der Waals surface area contributed by atoms with Crippen LogP contribution in [0.1, 0.15) is 52.0 Å². The number of aryl methyl sites for hydroxylation is 1. The molecule has 9 nitrogen and oxygen atoms in total. The highest BCUT2D eigenvalue weighted by molar-refractivity contribution is 6.34. The molecule has 41 heavy (non-hydrogen) atoms. The second kappa shape index (κ2) is 11.3. The molecule has 3 fully saturated rings. The van der Waals surface area contributed by atoms with Crippen molar-refractivity contribution in [3.8, 4) is 5.75 Å². The molecule has 2 aromatic carbocycles. The summed E-state index contributed by atoms with van der Waals surface area (Å²) in [5, 5.41) is 16.6. The number of aliphatic hydroxyl groups excluding tert-OH is 1. The number of nitrogens with one attached hydrogen (secondary N) is 2. The van der Waals surface area contributed by atoms with E-state index in [0.717, 1.165) is 5.56 Å². The van der Waals surface area contributed by atoms with Crippen molar-refractivity contribution in [2.24, 2.45) is 11.8 Å². The number of aliphatic hydroxyl groups is 1. The summed E-state index contributed by atoms with van der Waals surface area (Å²) in [6, 6.07) is 10.8. The van der Waals surface area contributed by atoms with Crippen molar-refractivity contribution in [1.82, 2.24) is 4.90 Å². The van der Waals surface area contributed by atoms with E-state index in [1.54, 1.807) is 36.4 Å². The number of benzene rings is 2. The Morgan fingerprint density at radius 3 is 2.46 bits per heavy atom. The van der Waals surface area contributed by atoms with Crippen LogP contribution in [0.2, 0.25) is 5.02 Å². The van der Waals surface area contributed by atoms with Gasteiger partial charge in [0.25, 0.3) is 0 Å². The topological polar surface area (TPSA) is 117 Å². The molecule has 2 aromatic rings. The summed E-state index contributed by atoms with van der Waals surface area (Å²) < 4.78 is 12.3. The van der Waals surface area contributed by atoms with Crippen LogP contribution in [-0.2, 0) is 19.1 Å². The lowest BCUT2D eigenvalue weighted by atomic mass is 9.65. The Morgan fingerprint density at radius 2 is 1.85 bits per heavy atom. The quantitative estimate of drug-likeness (QED) is 0.378. The third kappa shape index (κ3) is 4.68. The minimum absolute atomic E-state index is 0.318. The molecule has 2 unspecified atom stereocenters. The van der Waals surface area contributed by atoms with E-state index in [0.29, 0.717) is 54.4 Å². The predicted molar refractivity (Wildman–Crippen MR) is 156 cm³/mol. The molecule has 3 saturated heterocycles. The highest BCUT2D eigenvalue weighted by Crippen LogP contribution is 2.64. The molecule has 0 aromatic heterocycles. The molecule has 3 N–H and O–H groups in total. The van der Waals surface area contributed by atoms with Gasteiger partial charge in [0.2, 0.25) is 17.7 Å². The third-order valence-electron chi connectivity index (χ3n) is 9.13. The lowest BCUT2D eigenvalue weighted by Crippen LogP contribution is -2.56. The molecular formula is C31H38ClN3O6. The zero-order chi connectivity index (χ0) is 29.5. The first-order valence-corrected chi connectivity index (χ1v) is 14.8. The number of halogens is 1. The molecule has 1 spiro atoms. The molecule has 3 amide bonds. The molecule has 10 heteroatoms. The monoisotopic (exact) mass is 583 g/mol. The van der Waals surface area contributed by atoms with E-state index < -0.39 is 41.0 Å². The predicted octanol–water partition coefficient (Wildman–Crippen LogP) is 4.55. The van der Waals surface area contributed by atoms with Crippen LogP contribution in [0.15, 0.2) is 42.5 Å². The second-order valence-electron chi connectivity index (χ2n) is 11.2. The van der Waals surface area contributed by atoms with Gasteiger partial charge in [-0.1, -0.05) is 37.6 Å². The maximum absolute atomic E-state index is 14.3. The van der Waals surface area contributed by atoms with E-state index in [2.05, 4.69) is 10.6 Å². The normalized spacial score (nSPS) is 28.9. The summed E-state index contributed by atoms with van der Waals surface area (Å²) >= 11 is 6.44. The van der Waals surface area contributed by atoms with Gasteiger partial charge >= 0.3 is 0 Å². The van der Waals surface area contributed by atoms with E-state index in [4.69, 9.17) is 21.1 Å². The first kappa shape index (κ1) is 29.4. The summed E-state index contributed by atoms with van der Waals surface area (Å²) in [7, 11) is 0. The van der Waals surface area contributed by atoms with Crippen LogP contribution in [0, 0.1) is 18.8 Å². The molecular weight excluding hydrogens is 546 g/mol. The average Bonchev–Trinajstić information content (AvgIpc) is 3.56. The van der Waals surface area contributed by atoms with Crippen LogP contribution in [0.5, 0.6) is 5.75 Å². The molecule has 5 rings (SSSR count). The third-order valence-corrected chi connectivity index (χ3v) is 9.44. The van der Waals surface area contributed by atoms with Crippen molar-refractivity contribution >= 4 is 40.7 Å². The number of carbonyl (C=O) groups is 3. The lowest BCUT2D eigenvalue weighted by molar-refractivity contribution is -0.148. The standard InChI is InChI=1S/C31H38ClN3O6/c1-5-20(17-36)35-26(28(38)34-25-18(4)9-8-10-22(25)32)31-16-15-30(6-2,41-31)23(24(31)29(35)39)27(37)33-19-11-13-21(14-12-19)40-7-3/h8-14,20,23-24,26,36H,5-7,15-17H2,1-4H3,(H,33,37)(H,34,38)/t20-,23+,24-,26?,30-,31?/m0/s1. The van der Waals surface area contributed by atoms with Crippen LogP contribution in [-0.4, -0.2) is 64.2 Å². The Kier molecular flexibility index (Phi) is 8.07. The van der Waals surface area contributed by atoms with Crippen molar-refractivity contribution in [1.29, 1.82) is 0 Å². The van der Waals surface area contributed by atoms with E-state index in [-0.39, 0.29) is 18.4 Å². The smallest absolute Gasteiger partial charge is 0.250 e. The van der Waals surface area contributed by atoms with Gasteiger partial charge in [0.1, 0.15) is 17.4 Å². The first-order chi connectivity index (χ1) is 19.7. The van der Waals surface area contributed by atoms with Gasteiger partial charge in [-0.25, -0.2) is 0 Å². The summed E-state index contributed by atoms with van der Waals surface area (Å²) in [5.74, 6) is -2.10. The van der Waals surface area contributed by atoms with Gasteiger partial charge in [0, 0.05) is 5.69 Å². The number of carbonyl (C=O) groups excluding carboxylic acids is 3. The van der Waals surface area contributed by atoms with Gasteiger partial charge in [-0.3, -0.25) is 14.4 Å². The Morgan fingerprint density at radius 1 is 1.12 bits per heavy atom. The minimum atomic E-state index is -1.21. The van der Waals surface area contributed by atoms with Crippen molar-refractivity contribution in [3.63, 3.8) is 0 Å². The molecule has 0 aliphatic carbocycles. The zero-order valence-corrected chi connectivity index (χ0v) is 24.7. The Hall–Kier alpha value is -3.14. The lowest BCUT2D eigenvalue weighted by Gasteiger charge is -2.37. The molecule has 3 aliphatic heterocycles. The number of amides is 3. The van der Waals surface area contributed by atoms with Gasteiger partial charge in [-0.2, -0.15) is 0 Å². The molecule has 2 bridgehead atoms. The van der Waals surface area contributed by atoms with Gasteiger partial charge in [0.05, 0.1) is 47.4 Å². The molecule has 3 aliphatic rings. The number of anilines is 2. The Balaban J connectivity index is 1.53. The summed E-state index contributed by atoms with van der Waals surface area (Å²) in [4.78, 5) is 43.9. The first-order valence-electron chi connectivity index (χ1n) is 14.4. The molecule has 0 saturated carbocycles. The van der Waals surface area contributed by atoms with Crippen LogP contribution < -0.4 is 15.4 Å². The number of hydrogen-bond acceptors (Lipinski definition) is 6. The number of ether oxygens (including phenoxy) is 2. The highest BCUT2D eigenvalue weighted by Gasteiger charge is 2.79. The fourth-order valence-electron chi connectivity index (χ4n) is 7.16. The Bertz CT molecular complexity index is 1310. The number of para-hydroxylation sites is 1. The Labute approximate surface area is 245 Å². The fourth-order valence-corrected chi connectivity index (χ4v) is 7.43. The molecule has 3 heterocycles. The van der Waals surface area contributed by atoms with Gasteiger partial charge < -0.3 is 30.1 Å². The van der Waals surface area contributed by atoms with Crippen LogP contribution in [0.3, 0.4) is 0 Å².